The molecule has 1 atom stereocenters. The van der Waals surface area contributed by atoms with E-state index >= 15 is 0 Å². The van der Waals surface area contributed by atoms with E-state index in [0.717, 1.165) is 54.1 Å². The second-order valence-electron chi connectivity index (χ2n) is 6.78. The summed E-state index contributed by atoms with van der Waals surface area (Å²) in [5.74, 6) is 8.84. The Labute approximate surface area is 152 Å². The maximum absolute atomic E-state index is 6.26. The van der Waals surface area contributed by atoms with Gasteiger partial charge in [-0.05, 0) is 50.3 Å². The van der Waals surface area contributed by atoms with Gasteiger partial charge in [0, 0.05) is 35.5 Å². The summed E-state index contributed by atoms with van der Waals surface area (Å²) < 4.78 is 6.26. The molecule has 2 nitrogen and oxygen atoms in total. The highest BCUT2D eigenvalue weighted by Gasteiger charge is 2.10. The number of aromatic nitrogens is 1. The molecular weight excluding hydrogens is 306 g/mol. The van der Waals surface area contributed by atoms with Crippen LogP contribution in [0.25, 0.3) is 0 Å². The van der Waals surface area contributed by atoms with Crippen LogP contribution in [0, 0.1) is 31.6 Å². The maximum Gasteiger partial charge on any atom is 0.131 e. The molecule has 2 rings (SSSR count). The third-order valence-electron chi connectivity index (χ3n) is 4.22. The molecule has 0 fully saturated rings. The SMILES string of the molecule is CCCC#Cc1ccc(CC(C)CC)c(Oc2cc(C)nc(C)c2)c1. The number of nitrogens with zero attached hydrogens (tertiary/aromatic N) is 1. The van der Waals surface area contributed by atoms with Gasteiger partial charge in [-0.15, -0.1) is 0 Å². The molecule has 2 aromatic rings. The van der Waals surface area contributed by atoms with Gasteiger partial charge in [0.15, 0.2) is 0 Å². The molecule has 0 N–H and O–H groups in total. The zero-order valence-electron chi connectivity index (χ0n) is 16.1. The summed E-state index contributed by atoms with van der Waals surface area (Å²) in [4.78, 5) is 4.43. The van der Waals surface area contributed by atoms with Crippen molar-refractivity contribution in [3.63, 3.8) is 0 Å². The molecule has 0 saturated carbocycles. The normalized spacial score (nSPS) is 11.6. The number of hydrogen-bond acceptors (Lipinski definition) is 2. The fourth-order valence-corrected chi connectivity index (χ4v) is 2.69. The fourth-order valence-electron chi connectivity index (χ4n) is 2.69. The van der Waals surface area contributed by atoms with Crippen molar-refractivity contribution in [2.45, 2.75) is 60.3 Å². The van der Waals surface area contributed by atoms with Crippen LogP contribution in [0.4, 0.5) is 0 Å². The molecule has 2 heteroatoms. The number of rotatable bonds is 6. The minimum absolute atomic E-state index is 0.625. The van der Waals surface area contributed by atoms with Crippen LogP contribution in [-0.4, -0.2) is 4.98 Å². The smallest absolute Gasteiger partial charge is 0.131 e. The van der Waals surface area contributed by atoms with E-state index in [0.29, 0.717) is 5.92 Å². The predicted octanol–water partition coefficient (Wildman–Crippen LogP) is 6.23. The molecule has 0 saturated heterocycles. The van der Waals surface area contributed by atoms with Crippen molar-refractivity contribution in [2.24, 2.45) is 5.92 Å². The number of benzene rings is 1. The van der Waals surface area contributed by atoms with Crippen LogP contribution in [0.2, 0.25) is 0 Å². The van der Waals surface area contributed by atoms with Gasteiger partial charge in [-0.1, -0.05) is 45.1 Å². The Hall–Kier alpha value is -2.27. The van der Waals surface area contributed by atoms with E-state index in [-0.39, 0.29) is 0 Å². The summed E-state index contributed by atoms with van der Waals surface area (Å²) in [5, 5.41) is 0. The van der Waals surface area contributed by atoms with Crippen molar-refractivity contribution < 1.29 is 4.74 Å². The van der Waals surface area contributed by atoms with Gasteiger partial charge in [-0.3, -0.25) is 4.98 Å². The first kappa shape index (κ1) is 19.1. The predicted molar refractivity (Wildman–Crippen MR) is 105 cm³/mol. The van der Waals surface area contributed by atoms with Gasteiger partial charge in [-0.25, -0.2) is 0 Å². The molecule has 0 amide bonds. The first-order valence-electron chi connectivity index (χ1n) is 9.26. The molecule has 1 aromatic heterocycles. The Balaban J connectivity index is 2.35. The lowest BCUT2D eigenvalue weighted by Crippen LogP contribution is -2.01. The maximum atomic E-state index is 6.26. The summed E-state index contributed by atoms with van der Waals surface area (Å²) in [7, 11) is 0. The third-order valence-corrected chi connectivity index (χ3v) is 4.22. The summed E-state index contributed by atoms with van der Waals surface area (Å²) in [6.45, 7) is 10.6. The molecule has 0 aliphatic heterocycles. The zero-order chi connectivity index (χ0) is 18.2. The van der Waals surface area contributed by atoms with Crippen LogP contribution < -0.4 is 4.74 Å². The highest BCUT2D eigenvalue weighted by molar-refractivity contribution is 5.47. The molecule has 1 unspecified atom stereocenters. The van der Waals surface area contributed by atoms with Gasteiger partial charge in [0.05, 0.1) is 0 Å². The van der Waals surface area contributed by atoms with Gasteiger partial charge < -0.3 is 4.74 Å². The summed E-state index contributed by atoms with van der Waals surface area (Å²) in [6.07, 6.45) is 4.17. The topological polar surface area (TPSA) is 22.1 Å². The van der Waals surface area contributed by atoms with Crippen molar-refractivity contribution in [3.05, 3.63) is 52.8 Å². The third kappa shape index (κ3) is 5.94. The second-order valence-corrected chi connectivity index (χ2v) is 6.78. The number of pyridine rings is 1. The standard InChI is InChI=1S/C23H29NO/c1-6-8-9-10-20-11-12-21(13-17(3)7-2)23(16-20)25-22-14-18(4)24-19(5)15-22/h11-12,14-17H,6-8,13H2,1-5H3. The summed E-state index contributed by atoms with van der Waals surface area (Å²) >= 11 is 0. The Bertz CT molecular complexity index is 747. The van der Waals surface area contributed by atoms with Crippen LogP contribution in [-0.2, 0) is 6.42 Å². The van der Waals surface area contributed by atoms with Gasteiger partial charge in [0.2, 0.25) is 0 Å². The Morgan fingerprint density at radius 1 is 1.08 bits per heavy atom. The van der Waals surface area contributed by atoms with Gasteiger partial charge >= 0.3 is 0 Å². The molecule has 132 valence electrons. The minimum atomic E-state index is 0.625. The highest BCUT2D eigenvalue weighted by atomic mass is 16.5. The molecule has 25 heavy (non-hydrogen) atoms. The van der Waals surface area contributed by atoms with E-state index in [1.165, 1.54) is 5.56 Å². The second kappa shape index (κ2) is 9.28. The Morgan fingerprint density at radius 2 is 1.80 bits per heavy atom. The van der Waals surface area contributed by atoms with Crippen LogP contribution in [0.5, 0.6) is 11.5 Å². The lowest BCUT2D eigenvalue weighted by molar-refractivity contribution is 0.464. The zero-order valence-corrected chi connectivity index (χ0v) is 16.1. The lowest BCUT2D eigenvalue weighted by atomic mass is 9.97. The molecule has 0 spiro atoms. The molecule has 0 radical (unpaired) electrons. The van der Waals surface area contributed by atoms with Crippen molar-refractivity contribution in [2.75, 3.05) is 0 Å². The molecule has 0 bridgehead atoms. The van der Waals surface area contributed by atoms with Gasteiger partial charge in [0.1, 0.15) is 11.5 Å². The first-order chi connectivity index (χ1) is 12.0. The van der Waals surface area contributed by atoms with Crippen molar-refractivity contribution in [1.29, 1.82) is 0 Å². The fraction of sp³-hybridized carbons (Fsp3) is 0.435. The van der Waals surface area contributed by atoms with Crippen molar-refractivity contribution in [3.8, 4) is 23.3 Å². The Kier molecular flexibility index (Phi) is 7.07. The van der Waals surface area contributed by atoms with Crippen LogP contribution in [0.3, 0.4) is 0 Å². The molecule has 0 aliphatic rings. The number of hydrogen-bond donors (Lipinski definition) is 0. The number of ether oxygens (including phenoxy) is 1. The van der Waals surface area contributed by atoms with E-state index in [4.69, 9.17) is 4.74 Å². The molecule has 1 aromatic carbocycles. The largest absolute Gasteiger partial charge is 0.457 e. The first-order valence-corrected chi connectivity index (χ1v) is 9.26. The van der Waals surface area contributed by atoms with E-state index in [2.05, 4.69) is 55.8 Å². The molecular formula is C23H29NO. The average Bonchev–Trinajstić information content (AvgIpc) is 2.56. The van der Waals surface area contributed by atoms with E-state index in [9.17, 15) is 0 Å². The number of aryl methyl sites for hydroxylation is 2. The van der Waals surface area contributed by atoms with Crippen molar-refractivity contribution >= 4 is 0 Å². The van der Waals surface area contributed by atoms with E-state index < -0.39 is 0 Å². The monoisotopic (exact) mass is 335 g/mol. The molecule has 0 aliphatic carbocycles. The number of unbranched alkanes of at least 4 members (excludes halogenated alkanes) is 1. The Morgan fingerprint density at radius 3 is 2.44 bits per heavy atom. The molecule has 1 heterocycles. The van der Waals surface area contributed by atoms with Gasteiger partial charge in [-0.2, -0.15) is 0 Å². The van der Waals surface area contributed by atoms with Crippen molar-refractivity contribution in [1.82, 2.24) is 4.98 Å². The minimum Gasteiger partial charge on any atom is -0.457 e. The quantitative estimate of drug-likeness (QED) is 0.584. The highest BCUT2D eigenvalue weighted by Crippen LogP contribution is 2.29. The van der Waals surface area contributed by atoms with Crippen LogP contribution in [0.1, 0.15) is 62.5 Å². The van der Waals surface area contributed by atoms with Crippen LogP contribution in [0.15, 0.2) is 30.3 Å². The summed E-state index contributed by atoms with van der Waals surface area (Å²) in [6, 6.07) is 10.3. The van der Waals surface area contributed by atoms with E-state index in [1.807, 2.05) is 26.0 Å². The van der Waals surface area contributed by atoms with Gasteiger partial charge in [0.25, 0.3) is 0 Å². The average molecular weight is 335 g/mol. The van der Waals surface area contributed by atoms with Crippen LogP contribution >= 0.6 is 0 Å². The van der Waals surface area contributed by atoms with E-state index in [1.54, 1.807) is 0 Å². The lowest BCUT2D eigenvalue weighted by Gasteiger charge is -2.15. The summed E-state index contributed by atoms with van der Waals surface area (Å²) in [5.41, 5.74) is 4.19.